The predicted molar refractivity (Wildman–Crippen MR) is 116 cm³/mol. The second-order valence-corrected chi connectivity index (χ2v) is 8.79. The summed E-state index contributed by atoms with van der Waals surface area (Å²) in [6, 6.07) is 6.11. The highest BCUT2D eigenvalue weighted by Crippen LogP contribution is 2.33. The molecule has 1 aromatic heterocycles. The molecule has 0 aromatic carbocycles. The number of nitrogens with zero attached hydrogens (tertiary/aromatic N) is 5. The van der Waals surface area contributed by atoms with Gasteiger partial charge in [-0.3, -0.25) is 9.89 Å². The number of piperazine rings is 1. The Morgan fingerprint density at radius 1 is 1.21 bits per heavy atom. The van der Waals surface area contributed by atoms with Crippen LogP contribution in [0.3, 0.4) is 0 Å². The van der Waals surface area contributed by atoms with E-state index in [0.29, 0.717) is 0 Å². The van der Waals surface area contributed by atoms with Gasteiger partial charge in [0.1, 0.15) is 5.82 Å². The molecule has 0 bridgehead atoms. The van der Waals surface area contributed by atoms with Crippen molar-refractivity contribution in [2.45, 2.75) is 12.0 Å². The van der Waals surface area contributed by atoms with Crippen molar-refractivity contribution < 1.29 is 4.74 Å². The first kappa shape index (κ1) is 19.8. The lowest BCUT2D eigenvalue weighted by molar-refractivity contribution is -0.0121. The molecule has 1 unspecified atom stereocenters. The van der Waals surface area contributed by atoms with E-state index >= 15 is 0 Å². The van der Waals surface area contributed by atoms with E-state index in [9.17, 15) is 0 Å². The van der Waals surface area contributed by atoms with Gasteiger partial charge in [-0.1, -0.05) is 6.07 Å². The van der Waals surface area contributed by atoms with E-state index in [-0.39, 0.29) is 5.54 Å². The van der Waals surface area contributed by atoms with Crippen LogP contribution in [0.2, 0.25) is 0 Å². The van der Waals surface area contributed by atoms with Gasteiger partial charge >= 0.3 is 0 Å². The lowest BCUT2D eigenvalue weighted by Crippen LogP contribution is -2.61. The number of aliphatic imine (C=N–C) groups is 1. The third-order valence-corrected chi connectivity index (χ3v) is 7.34. The first-order chi connectivity index (χ1) is 13.8. The molecule has 7 nitrogen and oxygen atoms in total. The Balaban J connectivity index is 1.33. The van der Waals surface area contributed by atoms with E-state index in [2.05, 4.69) is 53.9 Å². The van der Waals surface area contributed by atoms with Crippen molar-refractivity contribution in [3.63, 3.8) is 0 Å². The molecule has 1 N–H and O–H groups in total. The molecule has 3 saturated heterocycles. The predicted octanol–water partition coefficient (Wildman–Crippen LogP) is 0.987. The summed E-state index contributed by atoms with van der Waals surface area (Å²) < 4.78 is 5.58. The molecular formula is C20H32N6OS. The second kappa shape index (κ2) is 9.33. The van der Waals surface area contributed by atoms with Crippen molar-refractivity contribution in [2.75, 3.05) is 82.5 Å². The van der Waals surface area contributed by atoms with Gasteiger partial charge in [0, 0.05) is 70.3 Å². The maximum Gasteiger partial charge on any atom is 0.193 e. The summed E-state index contributed by atoms with van der Waals surface area (Å²) in [7, 11) is 1.90. The molecule has 3 aliphatic heterocycles. The molecule has 28 heavy (non-hydrogen) atoms. The number of hydrogen-bond acceptors (Lipinski definition) is 6. The molecule has 0 aliphatic carbocycles. The number of nitrogens with one attached hydrogen (secondary N) is 1. The van der Waals surface area contributed by atoms with Gasteiger partial charge < -0.3 is 19.9 Å². The molecule has 0 saturated carbocycles. The molecule has 1 atom stereocenters. The van der Waals surface area contributed by atoms with Crippen molar-refractivity contribution in [3.05, 3.63) is 24.4 Å². The first-order valence-corrected chi connectivity index (χ1v) is 11.5. The Labute approximate surface area is 172 Å². The number of aromatic nitrogens is 1. The minimum absolute atomic E-state index is 0.236. The van der Waals surface area contributed by atoms with E-state index in [4.69, 9.17) is 4.74 Å². The third kappa shape index (κ3) is 4.39. The second-order valence-electron chi connectivity index (χ2n) is 7.69. The van der Waals surface area contributed by atoms with Gasteiger partial charge in [0.25, 0.3) is 0 Å². The highest BCUT2D eigenvalue weighted by atomic mass is 32.2. The van der Waals surface area contributed by atoms with Crippen LogP contribution in [0.25, 0.3) is 0 Å². The Hall–Kier alpha value is -1.51. The van der Waals surface area contributed by atoms with Crippen molar-refractivity contribution in [2.24, 2.45) is 4.99 Å². The summed E-state index contributed by atoms with van der Waals surface area (Å²) in [5.74, 6) is 4.55. The summed E-state index contributed by atoms with van der Waals surface area (Å²) in [6.45, 7) is 8.66. The van der Waals surface area contributed by atoms with Crippen LogP contribution >= 0.6 is 11.8 Å². The van der Waals surface area contributed by atoms with Crippen molar-refractivity contribution in [1.29, 1.82) is 0 Å². The zero-order valence-corrected chi connectivity index (χ0v) is 17.7. The minimum atomic E-state index is 0.236. The van der Waals surface area contributed by atoms with E-state index < -0.39 is 0 Å². The standard InChI is InChI=1S/C20H32N6OS/c1-21-19(25-9-7-24(8-10-25)18-4-2-3-6-22-18)23-16-20(5-15-28-17-20)26-11-13-27-14-12-26/h2-4,6H,5,7-17H2,1H3,(H,21,23). The highest BCUT2D eigenvalue weighted by Gasteiger charge is 2.41. The molecule has 3 aliphatic rings. The molecule has 0 amide bonds. The number of rotatable bonds is 4. The van der Waals surface area contributed by atoms with E-state index in [1.807, 2.05) is 19.3 Å². The summed E-state index contributed by atoms with van der Waals surface area (Å²) in [4.78, 5) is 16.5. The smallest absolute Gasteiger partial charge is 0.193 e. The molecular weight excluding hydrogens is 372 g/mol. The van der Waals surface area contributed by atoms with Crippen LogP contribution < -0.4 is 10.2 Å². The van der Waals surface area contributed by atoms with Gasteiger partial charge in [-0.2, -0.15) is 11.8 Å². The Kier molecular flexibility index (Phi) is 6.59. The van der Waals surface area contributed by atoms with Gasteiger partial charge in [0.05, 0.1) is 13.2 Å². The molecule has 4 rings (SSSR count). The van der Waals surface area contributed by atoms with Gasteiger partial charge in [-0.25, -0.2) is 4.98 Å². The number of thioether (sulfide) groups is 1. The monoisotopic (exact) mass is 404 g/mol. The average molecular weight is 405 g/mol. The minimum Gasteiger partial charge on any atom is -0.379 e. The zero-order valence-electron chi connectivity index (χ0n) is 16.8. The van der Waals surface area contributed by atoms with Crippen LogP contribution in [0.4, 0.5) is 5.82 Å². The molecule has 4 heterocycles. The van der Waals surface area contributed by atoms with Crippen LogP contribution in [-0.2, 0) is 4.74 Å². The Morgan fingerprint density at radius 2 is 2.04 bits per heavy atom. The van der Waals surface area contributed by atoms with E-state index in [1.165, 1.54) is 17.9 Å². The molecule has 8 heteroatoms. The normalized spacial score (nSPS) is 27.2. The molecule has 1 aromatic rings. The van der Waals surface area contributed by atoms with Crippen LogP contribution in [0.5, 0.6) is 0 Å². The quantitative estimate of drug-likeness (QED) is 0.593. The van der Waals surface area contributed by atoms with Gasteiger partial charge in [0.2, 0.25) is 0 Å². The fourth-order valence-electron chi connectivity index (χ4n) is 4.40. The number of anilines is 1. The lowest BCUT2D eigenvalue weighted by Gasteiger charge is -2.44. The zero-order chi connectivity index (χ0) is 19.2. The Morgan fingerprint density at radius 3 is 2.68 bits per heavy atom. The largest absolute Gasteiger partial charge is 0.379 e. The SMILES string of the molecule is CN=C(NCC1(N2CCOCC2)CCSC1)N1CCN(c2ccccn2)CC1. The number of guanidine groups is 1. The molecule has 154 valence electrons. The fourth-order valence-corrected chi connectivity index (χ4v) is 5.88. The summed E-state index contributed by atoms with van der Waals surface area (Å²) in [5, 5.41) is 3.72. The van der Waals surface area contributed by atoms with E-state index in [1.54, 1.807) is 0 Å². The number of hydrogen-bond donors (Lipinski definition) is 1. The summed E-state index contributed by atoms with van der Waals surface area (Å²) in [6.07, 6.45) is 3.11. The fraction of sp³-hybridized carbons (Fsp3) is 0.700. The number of pyridine rings is 1. The van der Waals surface area contributed by atoms with Crippen molar-refractivity contribution in [3.8, 4) is 0 Å². The third-order valence-electron chi connectivity index (χ3n) is 6.10. The van der Waals surface area contributed by atoms with Crippen molar-refractivity contribution >= 4 is 23.5 Å². The lowest BCUT2D eigenvalue weighted by atomic mass is 9.95. The highest BCUT2D eigenvalue weighted by molar-refractivity contribution is 7.99. The van der Waals surface area contributed by atoms with Gasteiger partial charge in [0.15, 0.2) is 5.96 Å². The number of morpholine rings is 1. The first-order valence-electron chi connectivity index (χ1n) is 10.3. The summed E-state index contributed by atoms with van der Waals surface area (Å²) in [5.41, 5.74) is 0.236. The average Bonchev–Trinajstić information content (AvgIpc) is 3.26. The summed E-state index contributed by atoms with van der Waals surface area (Å²) >= 11 is 2.08. The van der Waals surface area contributed by atoms with Crippen LogP contribution in [0.1, 0.15) is 6.42 Å². The van der Waals surface area contributed by atoms with Crippen LogP contribution in [-0.4, -0.2) is 104 Å². The van der Waals surface area contributed by atoms with Crippen LogP contribution in [0, 0.1) is 0 Å². The van der Waals surface area contributed by atoms with Gasteiger partial charge in [-0.15, -0.1) is 0 Å². The molecule has 0 spiro atoms. The van der Waals surface area contributed by atoms with E-state index in [0.717, 1.165) is 70.8 Å². The van der Waals surface area contributed by atoms with Crippen LogP contribution in [0.15, 0.2) is 29.4 Å². The maximum absolute atomic E-state index is 5.58. The van der Waals surface area contributed by atoms with Gasteiger partial charge in [-0.05, 0) is 24.3 Å². The van der Waals surface area contributed by atoms with Crippen molar-refractivity contribution in [1.82, 2.24) is 20.1 Å². The Bertz CT molecular complexity index is 637. The molecule has 3 fully saturated rings. The maximum atomic E-state index is 5.58. The number of ether oxygens (including phenoxy) is 1. The molecule has 0 radical (unpaired) electrons. The topological polar surface area (TPSA) is 56.2 Å².